The van der Waals surface area contributed by atoms with Crippen molar-refractivity contribution in [3.8, 4) is 0 Å². The highest BCUT2D eigenvalue weighted by molar-refractivity contribution is 5.70. The van der Waals surface area contributed by atoms with E-state index in [1.54, 1.807) is 0 Å². The van der Waals surface area contributed by atoms with Gasteiger partial charge in [0, 0.05) is 19.3 Å². The molecular formula is C15H23NO2. The third-order valence-electron chi connectivity index (χ3n) is 2.51. The topological polar surface area (TPSA) is 29.5 Å². The second kappa shape index (κ2) is 5.89. The van der Waals surface area contributed by atoms with Crippen molar-refractivity contribution in [2.45, 2.75) is 39.7 Å². The minimum Gasteiger partial charge on any atom is -0.460 e. The van der Waals surface area contributed by atoms with Crippen molar-refractivity contribution in [2.24, 2.45) is 0 Å². The first-order valence-corrected chi connectivity index (χ1v) is 6.27. The number of anilines is 1. The van der Waals surface area contributed by atoms with Crippen molar-refractivity contribution in [1.29, 1.82) is 0 Å². The molecule has 0 saturated heterocycles. The molecule has 0 unspecified atom stereocenters. The van der Waals surface area contributed by atoms with Crippen LogP contribution in [0, 0.1) is 6.92 Å². The molecule has 3 heteroatoms. The second-order valence-electron chi connectivity index (χ2n) is 5.60. The molecule has 0 fully saturated rings. The van der Waals surface area contributed by atoms with E-state index in [0.717, 1.165) is 5.69 Å². The lowest BCUT2D eigenvalue weighted by atomic mass is 10.2. The highest BCUT2D eigenvalue weighted by atomic mass is 16.6. The Morgan fingerprint density at radius 2 is 2.00 bits per heavy atom. The van der Waals surface area contributed by atoms with Gasteiger partial charge in [0.05, 0.1) is 6.42 Å². The maximum atomic E-state index is 11.6. The largest absolute Gasteiger partial charge is 0.460 e. The molecule has 0 amide bonds. The van der Waals surface area contributed by atoms with E-state index in [2.05, 4.69) is 24.0 Å². The summed E-state index contributed by atoms with van der Waals surface area (Å²) in [6.45, 7) is 8.38. The Morgan fingerprint density at radius 3 is 2.56 bits per heavy atom. The molecule has 0 atom stereocenters. The number of ether oxygens (including phenoxy) is 1. The Bertz CT molecular complexity index is 407. The quantitative estimate of drug-likeness (QED) is 0.768. The molecule has 0 aliphatic rings. The van der Waals surface area contributed by atoms with Crippen LogP contribution in [-0.2, 0) is 9.53 Å². The molecule has 18 heavy (non-hydrogen) atoms. The van der Waals surface area contributed by atoms with Gasteiger partial charge in [0.1, 0.15) is 5.60 Å². The molecule has 0 N–H and O–H groups in total. The number of esters is 1. The minimum atomic E-state index is -0.404. The third-order valence-corrected chi connectivity index (χ3v) is 2.51. The lowest BCUT2D eigenvalue weighted by Crippen LogP contribution is -2.27. The van der Waals surface area contributed by atoms with E-state index in [1.807, 2.05) is 40.0 Å². The fourth-order valence-corrected chi connectivity index (χ4v) is 1.65. The van der Waals surface area contributed by atoms with Crippen molar-refractivity contribution < 1.29 is 9.53 Å². The molecule has 0 bridgehead atoms. The predicted octanol–water partition coefficient (Wildman–Crippen LogP) is 3.16. The zero-order valence-corrected chi connectivity index (χ0v) is 12.0. The van der Waals surface area contributed by atoms with Gasteiger partial charge < -0.3 is 9.64 Å². The Kier molecular flexibility index (Phi) is 4.76. The first-order valence-electron chi connectivity index (χ1n) is 6.27. The smallest absolute Gasteiger partial charge is 0.308 e. The Balaban J connectivity index is 2.46. The van der Waals surface area contributed by atoms with Crippen molar-refractivity contribution in [2.75, 3.05) is 18.5 Å². The SMILES string of the molecule is Cc1cccc(N(C)CCC(=O)OC(C)(C)C)c1. The van der Waals surface area contributed by atoms with Gasteiger partial charge in [-0.25, -0.2) is 0 Å². The summed E-state index contributed by atoms with van der Waals surface area (Å²) in [4.78, 5) is 13.7. The summed E-state index contributed by atoms with van der Waals surface area (Å²) in [5.74, 6) is -0.151. The molecule has 0 aromatic heterocycles. The van der Waals surface area contributed by atoms with Crippen LogP contribution >= 0.6 is 0 Å². The van der Waals surface area contributed by atoms with Crippen molar-refractivity contribution in [1.82, 2.24) is 0 Å². The molecule has 1 aromatic rings. The van der Waals surface area contributed by atoms with Gasteiger partial charge in [-0.3, -0.25) is 4.79 Å². The van der Waals surface area contributed by atoms with Crippen LogP contribution in [0.3, 0.4) is 0 Å². The van der Waals surface area contributed by atoms with Crippen LogP contribution in [-0.4, -0.2) is 25.2 Å². The van der Waals surface area contributed by atoms with Gasteiger partial charge in [0.15, 0.2) is 0 Å². The minimum absolute atomic E-state index is 0.151. The summed E-state index contributed by atoms with van der Waals surface area (Å²) in [5, 5.41) is 0. The highest BCUT2D eigenvalue weighted by Crippen LogP contribution is 2.15. The third kappa shape index (κ3) is 5.21. The average Bonchev–Trinajstić information content (AvgIpc) is 2.23. The molecular weight excluding hydrogens is 226 g/mol. The van der Waals surface area contributed by atoms with E-state index in [4.69, 9.17) is 4.74 Å². The van der Waals surface area contributed by atoms with E-state index >= 15 is 0 Å². The first-order chi connectivity index (χ1) is 8.28. The number of rotatable bonds is 4. The summed E-state index contributed by atoms with van der Waals surface area (Å²) in [6.07, 6.45) is 0.404. The highest BCUT2D eigenvalue weighted by Gasteiger charge is 2.16. The second-order valence-corrected chi connectivity index (χ2v) is 5.60. The number of nitrogens with zero attached hydrogens (tertiary/aromatic N) is 1. The molecule has 0 saturated carbocycles. The predicted molar refractivity (Wildman–Crippen MR) is 74.9 cm³/mol. The standard InChI is InChI=1S/C15H23NO2/c1-12-7-6-8-13(11-12)16(5)10-9-14(17)18-15(2,3)4/h6-8,11H,9-10H2,1-5H3. The number of hydrogen-bond donors (Lipinski definition) is 0. The van der Waals surface area contributed by atoms with Crippen LogP contribution in [0.25, 0.3) is 0 Å². The molecule has 1 aromatic carbocycles. The van der Waals surface area contributed by atoms with Gasteiger partial charge in [-0.05, 0) is 45.4 Å². The fraction of sp³-hybridized carbons (Fsp3) is 0.533. The van der Waals surface area contributed by atoms with Gasteiger partial charge in [-0.2, -0.15) is 0 Å². The van der Waals surface area contributed by atoms with Crippen LogP contribution in [0.5, 0.6) is 0 Å². The van der Waals surface area contributed by atoms with Gasteiger partial charge >= 0.3 is 5.97 Å². The molecule has 0 heterocycles. The van der Waals surface area contributed by atoms with Gasteiger partial charge in [0.25, 0.3) is 0 Å². The maximum absolute atomic E-state index is 11.6. The zero-order chi connectivity index (χ0) is 13.8. The number of carbonyl (C=O) groups excluding carboxylic acids is 1. The van der Waals surface area contributed by atoms with Crippen molar-refractivity contribution in [3.63, 3.8) is 0 Å². The van der Waals surface area contributed by atoms with Crippen molar-refractivity contribution in [3.05, 3.63) is 29.8 Å². The van der Waals surface area contributed by atoms with E-state index in [0.29, 0.717) is 13.0 Å². The molecule has 100 valence electrons. The molecule has 0 aliphatic heterocycles. The lowest BCUT2D eigenvalue weighted by Gasteiger charge is -2.22. The van der Waals surface area contributed by atoms with E-state index in [9.17, 15) is 4.79 Å². The van der Waals surface area contributed by atoms with E-state index in [-0.39, 0.29) is 5.97 Å². The Morgan fingerprint density at radius 1 is 1.33 bits per heavy atom. The molecule has 1 rings (SSSR count). The van der Waals surface area contributed by atoms with Crippen LogP contribution in [0.1, 0.15) is 32.8 Å². The fourth-order valence-electron chi connectivity index (χ4n) is 1.65. The monoisotopic (exact) mass is 249 g/mol. The summed E-state index contributed by atoms with van der Waals surface area (Å²) in [6, 6.07) is 8.23. The number of benzene rings is 1. The first kappa shape index (κ1) is 14.6. The Labute approximate surface area is 110 Å². The number of aryl methyl sites for hydroxylation is 1. The number of carbonyl (C=O) groups is 1. The number of hydrogen-bond acceptors (Lipinski definition) is 3. The van der Waals surface area contributed by atoms with Crippen LogP contribution in [0.4, 0.5) is 5.69 Å². The molecule has 0 radical (unpaired) electrons. The van der Waals surface area contributed by atoms with Crippen LogP contribution < -0.4 is 4.90 Å². The summed E-state index contributed by atoms with van der Waals surface area (Å²) in [7, 11) is 1.99. The molecule has 0 spiro atoms. The lowest BCUT2D eigenvalue weighted by molar-refractivity contribution is -0.154. The summed E-state index contributed by atoms with van der Waals surface area (Å²) >= 11 is 0. The van der Waals surface area contributed by atoms with Crippen molar-refractivity contribution >= 4 is 11.7 Å². The maximum Gasteiger partial charge on any atom is 0.308 e. The Hall–Kier alpha value is -1.51. The zero-order valence-electron chi connectivity index (χ0n) is 12.0. The van der Waals surface area contributed by atoms with E-state index in [1.165, 1.54) is 5.56 Å². The normalized spacial score (nSPS) is 11.2. The summed E-state index contributed by atoms with van der Waals surface area (Å²) in [5.41, 5.74) is 1.94. The average molecular weight is 249 g/mol. The summed E-state index contributed by atoms with van der Waals surface area (Å²) < 4.78 is 5.28. The van der Waals surface area contributed by atoms with Gasteiger partial charge in [-0.15, -0.1) is 0 Å². The molecule has 0 aliphatic carbocycles. The van der Waals surface area contributed by atoms with Crippen LogP contribution in [0.15, 0.2) is 24.3 Å². The van der Waals surface area contributed by atoms with Gasteiger partial charge in [-0.1, -0.05) is 12.1 Å². The molecule has 3 nitrogen and oxygen atoms in total. The van der Waals surface area contributed by atoms with E-state index < -0.39 is 5.60 Å². The van der Waals surface area contributed by atoms with Gasteiger partial charge in [0.2, 0.25) is 0 Å². The van der Waals surface area contributed by atoms with Crippen LogP contribution in [0.2, 0.25) is 0 Å².